The highest BCUT2D eigenvalue weighted by Crippen LogP contribution is 2.31. The van der Waals surface area contributed by atoms with E-state index < -0.39 is 17.7 Å². The van der Waals surface area contributed by atoms with Crippen molar-refractivity contribution in [2.45, 2.75) is 32.5 Å². The van der Waals surface area contributed by atoms with Gasteiger partial charge >= 0.3 is 0 Å². The maximum absolute atomic E-state index is 13.4. The van der Waals surface area contributed by atoms with Crippen LogP contribution in [0.1, 0.15) is 34.8 Å². The van der Waals surface area contributed by atoms with Crippen molar-refractivity contribution in [2.75, 3.05) is 5.32 Å². The highest BCUT2D eigenvalue weighted by Gasteiger charge is 2.30. The number of benzene rings is 3. The van der Waals surface area contributed by atoms with Crippen LogP contribution in [0.15, 0.2) is 60.7 Å². The lowest BCUT2D eigenvalue weighted by atomic mass is 10.1. The van der Waals surface area contributed by atoms with E-state index in [9.17, 15) is 18.4 Å². The van der Waals surface area contributed by atoms with Gasteiger partial charge in [0.25, 0.3) is 11.8 Å². The highest BCUT2D eigenvalue weighted by molar-refractivity contribution is 6.31. The summed E-state index contributed by atoms with van der Waals surface area (Å²) in [5.74, 6) is -0.923. The van der Waals surface area contributed by atoms with Crippen molar-refractivity contribution in [3.05, 3.63) is 94.0 Å². The number of ether oxygens (including phenoxy) is 1. The number of anilines is 1. The number of hydrogen-bond acceptors (Lipinski definition) is 3. The summed E-state index contributed by atoms with van der Waals surface area (Å²) in [5.41, 5.74) is 2.14. The predicted molar refractivity (Wildman–Crippen MR) is 121 cm³/mol. The fourth-order valence-electron chi connectivity index (χ4n) is 3.64. The van der Waals surface area contributed by atoms with Crippen LogP contribution >= 0.6 is 11.6 Å². The minimum absolute atomic E-state index is 0.184. The molecule has 0 fully saturated rings. The molecule has 1 heterocycles. The van der Waals surface area contributed by atoms with Crippen LogP contribution in [0, 0.1) is 11.6 Å². The lowest BCUT2D eigenvalue weighted by Crippen LogP contribution is -2.38. The van der Waals surface area contributed by atoms with Gasteiger partial charge in [0.05, 0.1) is 0 Å². The van der Waals surface area contributed by atoms with Gasteiger partial charge in [0.1, 0.15) is 17.4 Å². The second-order valence-corrected chi connectivity index (χ2v) is 8.14. The Hall–Kier alpha value is -3.45. The van der Waals surface area contributed by atoms with Crippen LogP contribution in [-0.2, 0) is 17.9 Å². The Kier molecular flexibility index (Phi) is 6.60. The van der Waals surface area contributed by atoms with E-state index in [1.807, 2.05) is 6.92 Å². The minimum Gasteiger partial charge on any atom is -0.480 e. The maximum atomic E-state index is 13.4. The average Bonchev–Trinajstić information content (AvgIpc) is 2.92. The van der Waals surface area contributed by atoms with Crippen molar-refractivity contribution < 1.29 is 23.1 Å². The Balaban J connectivity index is 1.59. The van der Waals surface area contributed by atoms with E-state index in [1.54, 1.807) is 29.2 Å². The van der Waals surface area contributed by atoms with Crippen LogP contribution in [-0.4, -0.2) is 22.8 Å². The second kappa shape index (κ2) is 9.58. The van der Waals surface area contributed by atoms with Crippen LogP contribution in [0.25, 0.3) is 0 Å². The standard InChI is InChI=1S/C25H21ClF2N2O3/c1-2-22-25(32)30(13-16-5-8-19(28)12-21(16)26)14-17-11-20(9-10-23(17)33-22)29-24(31)15-3-6-18(27)7-4-15/h3-12,22H,2,13-14H2,1H3,(H,29,31)/t22-/m1/s1. The van der Waals surface area contributed by atoms with Crippen molar-refractivity contribution in [3.63, 3.8) is 0 Å². The molecule has 1 N–H and O–H groups in total. The number of rotatable bonds is 5. The number of nitrogens with zero attached hydrogens (tertiary/aromatic N) is 1. The molecule has 33 heavy (non-hydrogen) atoms. The third-order valence-electron chi connectivity index (χ3n) is 5.39. The maximum Gasteiger partial charge on any atom is 0.264 e. The third kappa shape index (κ3) is 5.14. The molecule has 0 saturated heterocycles. The monoisotopic (exact) mass is 470 g/mol. The smallest absolute Gasteiger partial charge is 0.264 e. The largest absolute Gasteiger partial charge is 0.480 e. The number of nitrogens with one attached hydrogen (secondary N) is 1. The number of carbonyl (C=O) groups excluding carboxylic acids is 2. The van der Waals surface area contributed by atoms with Gasteiger partial charge in [-0.15, -0.1) is 0 Å². The molecule has 0 bridgehead atoms. The van der Waals surface area contributed by atoms with E-state index >= 15 is 0 Å². The first-order valence-electron chi connectivity index (χ1n) is 10.4. The van der Waals surface area contributed by atoms with Gasteiger partial charge in [-0.3, -0.25) is 9.59 Å². The van der Waals surface area contributed by atoms with Crippen molar-refractivity contribution in [1.29, 1.82) is 0 Å². The normalized spacial score (nSPS) is 15.5. The van der Waals surface area contributed by atoms with Gasteiger partial charge in [-0.05, 0) is 66.6 Å². The summed E-state index contributed by atoms with van der Waals surface area (Å²) in [4.78, 5) is 27.2. The molecule has 3 aromatic carbocycles. The lowest BCUT2D eigenvalue weighted by Gasteiger charge is -2.23. The molecule has 0 radical (unpaired) electrons. The van der Waals surface area contributed by atoms with Gasteiger partial charge in [0.15, 0.2) is 6.10 Å². The Bertz CT molecular complexity index is 1200. The summed E-state index contributed by atoms with van der Waals surface area (Å²) in [7, 11) is 0. The molecule has 5 nitrogen and oxygen atoms in total. The molecule has 170 valence electrons. The van der Waals surface area contributed by atoms with Crippen molar-refractivity contribution >= 4 is 29.1 Å². The zero-order valence-corrected chi connectivity index (χ0v) is 18.5. The third-order valence-corrected chi connectivity index (χ3v) is 5.74. The van der Waals surface area contributed by atoms with Crippen LogP contribution < -0.4 is 10.1 Å². The van der Waals surface area contributed by atoms with Gasteiger partial charge in [0.2, 0.25) is 0 Å². The van der Waals surface area contributed by atoms with E-state index in [0.29, 0.717) is 34.5 Å². The molecule has 0 spiro atoms. The van der Waals surface area contributed by atoms with E-state index in [-0.39, 0.29) is 29.9 Å². The molecule has 0 aromatic heterocycles. The van der Waals surface area contributed by atoms with Gasteiger partial charge in [-0.2, -0.15) is 0 Å². The molecule has 3 aromatic rings. The predicted octanol–water partition coefficient (Wildman–Crippen LogP) is 5.57. The molecular formula is C25H21ClF2N2O3. The Morgan fingerprint density at radius 2 is 1.82 bits per heavy atom. The number of amides is 2. The molecule has 0 unspecified atom stereocenters. The van der Waals surface area contributed by atoms with Gasteiger partial charge in [0, 0.05) is 34.9 Å². The molecule has 0 saturated carbocycles. The van der Waals surface area contributed by atoms with E-state index in [2.05, 4.69) is 5.32 Å². The molecule has 8 heteroatoms. The van der Waals surface area contributed by atoms with Gasteiger partial charge < -0.3 is 15.0 Å². The Morgan fingerprint density at radius 3 is 2.52 bits per heavy atom. The Morgan fingerprint density at radius 1 is 1.09 bits per heavy atom. The number of fused-ring (bicyclic) bond motifs is 1. The van der Waals surface area contributed by atoms with E-state index in [0.717, 1.165) is 0 Å². The highest BCUT2D eigenvalue weighted by atomic mass is 35.5. The fourth-order valence-corrected chi connectivity index (χ4v) is 3.87. The van der Waals surface area contributed by atoms with Crippen LogP contribution in [0.3, 0.4) is 0 Å². The molecule has 1 atom stereocenters. The Labute approximate surface area is 194 Å². The van der Waals surface area contributed by atoms with Crippen LogP contribution in [0.4, 0.5) is 14.5 Å². The SMILES string of the molecule is CC[C@H]1Oc2ccc(NC(=O)c3ccc(F)cc3)cc2CN(Cc2ccc(F)cc2Cl)C1=O. The van der Waals surface area contributed by atoms with Crippen molar-refractivity contribution in [1.82, 2.24) is 4.90 Å². The molecule has 2 amide bonds. The topological polar surface area (TPSA) is 58.6 Å². The second-order valence-electron chi connectivity index (χ2n) is 7.73. The number of carbonyl (C=O) groups is 2. The van der Waals surface area contributed by atoms with E-state index in [1.165, 1.54) is 36.4 Å². The lowest BCUT2D eigenvalue weighted by molar-refractivity contribution is -0.139. The molecule has 0 aliphatic carbocycles. The zero-order chi connectivity index (χ0) is 23.5. The summed E-state index contributed by atoms with van der Waals surface area (Å²) in [5, 5.41) is 3.02. The average molecular weight is 471 g/mol. The number of halogens is 3. The summed E-state index contributed by atoms with van der Waals surface area (Å²) in [6.45, 7) is 2.26. The fraction of sp³-hybridized carbons (Fsp3) is 0.200. The first-order chi connectivity index (χ1) is 15.8. The minimum atomic E-state index is -0.676. The quantitative estimate of drug-likeness (QED) is 0.530. The van der Waals surface area contributed by atoms with Crippen LogP contribution in [0.5, 0.6) is 5.75 Å². The summed E-state index contributed by atoms with van der Waals surface area (Å²) < 4.78 is 32.5. The molecule has 1 aliphatic heterocycles. The molecule has 1 aliphatic rings. The first kappa shape index (κ1) is 22.7. The molecule has 4 rings (SSSR count). The first-order valence-corrected chi connectivity index (χ1v) is 10.8. The van der Waals surface area contributed by atoms with Crippen molar-refractivity contribution in [2.24, 2.45) is 0 Å². The summed E-state index contributed by atoms with van der Waals surface area (Å²) in [6, 6.07) is 14.4. The zero-order valence-electron chi connectivity index (χ0n) is 17.8. The molecular weight excluding hydrogens is 450 g/mol. The van der Waals surface area contributed by atoms with Crippen LogP contribution in [0.2, 0.25) is 5.02 Å². The van der Waals surface area contributed by atoms with E-state index in [4.69, 9.17) is 16.3 Å². The summed E-state index contributed by atoms with van der Waals surface area (Å²) >= 11 is 6.18. The van der Waals surface area contributed by atoms with Gasteiger partial charge in [-0.1, -0.05) is 24.6 Å². The summed E-state index contributed by atoms with van der Waals surface area (Å²) in [6.07, 6.45) is -0.209. The van der Waals surface area contributed by atoms with Gasteiger partial charge in [-0.25, -0.2) is 8.78 Å². The number of hydrogen-bond donors (Lipinski definition) is 1. The van der Waals surface area contributed by atoms with Crippen molar-refractivity contribution in [3.8, 4) is 5.75 Å².